The van der Waals surface area contributed by atoms with Crippen molar-refractivity contribution in [1.82, 2.24) is 0 Å². The Morgan fingerprint density at radius 3 is 2.36 bits per heavy atom. The molecular weight excluding hydrogens is 172 g/mol. The maximum Gasteiger partial charge on any atom is 0.134 e. The van der Waals surface area contributed by atoms with Crippen molar-refractivity contribution in [3.8, 4) is 0 Å². The molecule has 0 aromatic heterocycles. The fourth-order valence-electron chi connectivity index (χ4n) is 3.02. The smallest absolute Gasteiger partial charge is 0.134 e. The molecule has 1 heteroatoms. The van der Waals surface area contributed by atoms with Crippen LogP contribution in [0.3, 0.4) is 0 Å². The van der Waals surface area contributed by atoms with E-state index in [9.17, 15) is 4.79 Å². The number of carbonyl (C=O) groups is 1. The third-order valence-electron chi connectivity index (χ3n) is 4.01. The lowest BCUT2D eigenvalue weighted by molar-refractivity contribution is -0.118. The highest BCUT2D eigenvalue weighted by Crippen LogP contribution is 2.60. The monoisotopic (exact) mass is 192 g/mol. The molecule has 0 radical (unpaired) electrons. The van der Waals surface area contributed by atoms with Crippen molar-refractivity contribution in [2.45, 2.75) is 46.5 Å². The predicted octanol–water partition coefficient (Wildman–Crippen LogP) is 3.35. The molecule has 0 heterocycles. The van der Waals surface area contributed by atoms with Crippen LogP contribution in [0.4, 0.5) is 0 Å². The molecule has 0 aromatic carbocycles. The minimum Gasteiger partial charge on any atom is -0.300 e. The summed E-state index contributed by atoms with van der Waals surface area (Å²) in [7, 11) is 0. The SMILES string of the molecule is CC(=O)C1C(C=C2CCCC2)C1(C)C. The van der Waals surface area contributed by atoms with Gasteiger partial charge in [0.1, 0.15) is 5.78 Å². The number of rotatable bonds is 2. The number of hydrogen-bond donors (Lipinski definition) is 0. The van der Waals surface area contributed by atoms with Crippen LogP contribution in [0.5, 0.6) is 0 Å². The van der Waals surface area contributed by atoms with Crippen molar-refractivity contribution in [3.63, 3.8) is 0 Å². The fourth-order valence-corrected chi connectivity index (χ4v) is 3.02. The predicted molar refractivity (Wildman–Crippen MR) is 58.0 cm³/mol. The molecule has 0 spiro atoms. The van der Waals surface area contributed by atoms with E-state index in [1.54, 1.807) is 12.5 Å². The Kier molecular flexibility index (Phi) is 2.29. The quantitative estimate of drug-likeness (QED) is 0.613. The van der Waals surface area contributed by atoms with Crippen LogP contribution in [0.1, 0.15) is 46.5 Å². The topological polar surface area (TPSA) is 17.1 Å². The van der Waals surface area contributed by atoms with Gasteiger partial charge >= 0.3 is 0 Å². The van der Waals surface area contributed by atoms with Gasteiger partial charge in [-0.05, 0) is 43.9 Å². The molecule has 0 aromatic rings. The van der Waals surface area contributed by atoms with Crippen LogP contribution in [0.25, 0.3) is 0 Å². The van der Waals surface area contributed by atoms with Crippen molar-refractivity contribution in [2.24, 2.45) is 17.3 Å². The Labute approximate surface area is 86.6 Å². The van der Waals surface area contributed by atoms with Gasteiger partial charge in [-0.1, -0.05) is 25.5 Å². The summed E-state index contributed by atoms with van der Waals surface area (Å²) in [6.45, 7) is 6.17. The minimum atomic E-state index is 0.238. The van der Waals surface area contributed by atoms with Gasteiger partial charge in [-0.25, -0.2) is 0 Å². The van der Waals surface area contributed by atoms with Crippen LogP contribution < -0.4 is 0 Å². The lowest BCUT2D eigenvalue weighted by Gasteiger charge is -1.98. The highest BCUT2D eigenvalue weighted by Gasteiger charge is 2.58. The van der Waals surface area contributed by atoms with Gasteiger partial charge in [0, 0.05) is 5.92 Å². The van der Waals surface area contributed by atoms with Crippen molar-refractivity contribution in [3.05, 3.63) is 11.6 Å². The molecule has 14 heavy (non-hydrogen) atoms. The molecule has 2 unspecified atom stereocenters. The molecule has 2 atom stereocenters. The summed E-state index contributed by atoms with van der Waals surface area (Å²) in [6.07, 6.45) is 7.65. The molecule has 0 aliphatic heterocycles. The average molecular weight is 192 g/mol. The van der Waals surface area contributed by atoms with Gasteiger partial charge in [-0.2, -0.15) is 0 Å². The summed E-state index contributed by atoms with van der Waals surface area (Å²) in [5.41, 5.74) is 1.84. The van der Waals surface area contributed by atoms with Crippen LogP contribution in [-0.2, 0) is 4.79 Å². The third-order valence-corrected chi connectivity index (χ3v) is 4.01. The Hall–Kier alpha value is -0.590. The number of hydrogen-bond acceptors (Lipinski definition) is 1. The summed E-state index contributed by atoms with van der Waals surface area (Å²) in [5, 5.41) is 0. The van der Waals surface area contributed by atoms with Gasteiger partial charge in [0.25, 0.3) is 0 Å². The number of carbonyl (C=O) groups excluding carboxylic acids is 1. The van der Waals surface area contributed by atoms with Gasteiger partial charge in [-0.3, -0.25) is 4.79 Å². The first kappa shape index (κ1) is 9.95. The van der Waals surface area contributed by atoms with E-state index in [1.165, 1.54) is 25.7 Å². The second kappa shape index (κ2) is 3.22. The molecule has 2 rings (SSSR count). The first-order chi connectivity index (χ1) is 6.53. The van der Waals surface area contributed by atoms with Gasteiger partial charge in [0.05, 0.1) is 0 Å². The van der Waals surface area contributed by atoms with E-state index in [-0.39, 0.29) is 5.41 Å². The highest BCUT2D eigenvalue weighted by atomic mass is 16.1. The first-order valence-electron chi connectivity index (χ1n) is 5.73. The number of Topliss-reactive ketones (excluding diaryl/α,β-unsaturated/α-hetero) is 1. The molecule has 2 aliphatic carbocycles. The summed E-state index contributed by atoms with van der Waals surface area (Å²) in [4.78, 5) is 11.4. The van der Waals surface area contributed by atoms with E-state index in [0.717, 1.165) is 0 Å². The normalized spacial score (nSPS) is 34.4. The number of allylic oxidation sites excluding steroid dienone is 2. The van der Waals surface area contributed by atoms with E-state index in [0.29, 0.717) is 17.6 Å². The zero-order valence-electron chi connectivity index (χ0n) is 9.47. The van der Waals surface area contributed by atoms with Crippen LogP contribution in [0.15, 0.2) is 11.6 Å². The van der Waals surface area contributed by atoms with E-state index in [1.807, 2.05) is 0 Å². The third kappa shape index (κ3) is 1.53. The van der Waals surface area contributed by atoms with Crippen molar-refractivity contribution < 1.29 is 4.79 Å². The molecule has 0 saturated heterocycles. The van der Waals surface area contributed by atoms with Crippen LogP contribution >= 0.6 is 0 Å². The second-order valence-electron chi connectivity index (χ2n) is 5.47. The van der Waals surface area contributed by atoms with Crippen LogP contribution in [0.2, 0.25) is 0 Å². The summed E-state index contributed by atoms with van der Waals surface area (Å²) < 4.78 is 0. The first-order valence-corrected chi connectivity index (χ1v) is 5.73. The Morgan fingerprint density at radius 1 is 1.36 bits per heavy atom. The van der Waals surface area contributed by atoms with Crippen molar-refractivity contribution >= 4 is 5.78 Å². The molecule has 0 N–H and O–H groups in total. The van der Waals surface area contributed by atoms with Gasteiger partial charge in [0.15, 0.2) is 0 Å². The lowest BCUT2D eigenvalue weighted by Crippen LogP contribution is -1.99. The Bertz CT molecular complexity index is 278. The summed E-state index contributed by atoms with van der Waals surface area (Å²) >= 11 is 0. The van der Waals surface area contributed by atoms with Crippen LogP contribution in [-0.4, -0.2) is 5.78 Å². The maximum absolute atomic E-state index is 11.4. The molecule has 2 aliphatic rings. The maximum atomic E-state index is 11.4. The van der Waals surface area contributed by atoms with E-state index >= 15 is 0 Å². The van der Waals surface area contributed by atoms with E-state index in [4.69, 9.17) is 0 Å². The molecule has 0 amide bonds. The molecule has 1 nitrogen and oxygen atoms in total. The summed E-state index contributed by atoms with van der Waals surface area (Å²) in [6, 6.07) is 0. The van der Waals surface area contributed by atoms with Crippen molar-refractivity contribution in [2.75, 3.05) is 0 Å². The zero-order chi connectivity index (χ0) is 10.3. The Balaban J connectivity index is 2.07. The summed E-state index contributed by atoms with van der Waals surface area (Å²) in [5.74, 6) is 1.21. The standard InChI is InChI=1S/C13H20O/c1-9(14)12-11(13(12,2)3)8-10-6-4-5-7-10/h8,11-12H,4-7H2,1-3H3. The zero-order valence-corrected chi connectivity index (χ0v) is 9.47. The van der Waals surface area contributed by atoms with Gasteiger partial charge in [-0.15, -0.1) is 0 Å². The van der Waals surface area contributed by atoms with E-state index < -0.39 is 0 Å². The largest absolute Gasteiger partial charge is 0.300 e. The van der Waals surface area contributed by atoms with Crippen LogP contribution in [0, 0.1) is 17.3 Å². The Morgan fingerprint density at radius 2 is 1.93 bits per heavy atom. The molecule has 2 saturated carbocycles. The number of ketones is 1. The molecule has 2 fully saturated rings. The average Bonchev–Trinajstić information content (AvgIpc) is 2.50. The molecule has 0 bridgehead atoms. The minimum absolute atomic E-state index is 0.238. The molecular formula is C13H20O. The fraction of sp³-hybridized carbons (Fsp3) is 0.769. The molecule has 78 valence electrons. The second-order valence-corrected chi connectivity index (χ2v) is 5.47. The van der Waals surface area contributed by atoms with Crippen molar-refractivity contribution in [1.29, 1.82) is 0 Å². The van der Waals surface area contributed by atoms with Gasteiger partial charge in [0.2, 0.25) is 0 Å². The highest BCUT2D eigenvalue weighted by molar-refractivity contribution is 5.83. The lowest BCUT2D eigenvalue weighted by atomic mass is 10.1. The van der Waals surface area contributed by atoms with Gasteiger partial charge < -0.3 is 0 Å². The van der Waals surface area contributed by atoms with E-state index in [2.05, 4.69) is 19.9 Å².